The van der Waals surface area contributed by atoms with Gasteiger partial charge < -0.3 is 31.9 Å². The molecule has 0 bridgehead atoms. The number of carbonyl (C=O) groups is 6. The number of amides is 6. The van der Waals surface area contributed by atoms with Crippen LogP contribution in [0.25, 0.3) is 0 Å². The summed E-state index contributed by atoms with van der Waals surface area (Å²) in [6, 6.07) is 4.63. The zero-order valence-electron chi connectivity index (χ0n) is 32.6. The Labute approximate surface area is 310 Å². The van der Waals surface area contributed by atoms with E-state index in [1.54, 1.807) is 19.1 Å². The number of hydrogen-bond donors (Lipinski definition) is 5. The van der Waals surface area contributed by atoms with Crippen molar-refractivity contribution in [1.82, 2.24) is 26.2 Å². The van der Waals surface area contributed by atoms with Gasteiger partial charge in [0.05, 0.1) is 13.1 Å². The Balaban J connectivity index is 2.32. The van der Waals surface area contributed by atoms with Gasteiger partial charge >= 0.3 is 0 Å². The maximum Gasteiger partial charge on any atom is 0.247 e. The summed E-state index contributed by atoms with van der Waals surface area (Å²) in [6.45, 7) is 14.7. The third-order valence-corrected chi connectivity index (χ3v) is 9.76. The minimum Gasteiger partial charge on any atom is -0.368 e. The zero-order valence-corrected chi connectivity index (χ0v) is 32.6. The van der Waals surface area contributed by atoms with Crippen LogP contribution in [0.2, 0.25) is 0 Å². The molecule has 6 N–H and O–H groups in total. The molecule has 0 aliphatic heterocycles. The fourth-order valence-electron chi connectivity index (χ4n) is 6.78. The molecule has 1 fully saturated rings. The fourth-order valence-corrected chi connectivity index (χ4v) is 6.78. The zero-order chi connectivity index (χ0) is 38.8. The van der Waals surface area contributed by atoms with Crippen LogP contribution in [0.3, 0.4) is 0 Å². The number of nitrogens with two attached hydrogens (primary N) is 1. The molecule has 1 aromatic rings. The highest BCUT2D eigenvalue weighted by atomic mass is 16.2. The second-order valence-electron chi connectivity index (χ2n) is 14.9. The molecule has 52 heavy (non-hydrogen) atoms. The number of carbonyl (C=O) groups excluding carboxylic acids is 6. The first kappa shape index (κ1) is 44.2. The Bertz CT molecular complexity index is 1330. The highest BCUT2D eigenvalue weighted by Crippen LogP contribution is 2.28. The Morgan fingerprint density at radius 3 is 2.08 bits per heavy atom. The Morgan fingerprint density at radius 1 is 0.827 bits per heavy atom. The van der Waals surface area contributed by atoms with Crippen LogP contribution < -0.4 is 31.9 Å². The van der Waals surface area contributed by atoms with Gasteiger partial charge in [0.15, 0.2) is 0 Å². The van der Waals surface area contributed by atoms with E-state index >= 15 is 0 Å². The molecule has 1 unspecified atom stereocenters. The van der Waals surface area contributed by atoms with Gasteiger partial charge in [0, 0.05) is 18.2 Å². The summed E-state index contributed by atoms with van der Waals surface area (Å²) in [5, 5.41) is 11.0. The van der Waals surface area contributed by atoms with Crippen molar-refractivity contribution in [3.05, 3.63) is 29.8 Å². The van der Waals surface area contributed by atoms with E-state index in [0.29, 0.717) is 31.0 Å². The topological polar surface area (TPSA) is 183 Å². The molecule has 2 rings (SSSR count). The summed E-state index contributed by atoms with van der Waals surface area (Å²) in [5.74, 6) is -2.67. The second kappa shape index (κ2) is 22.8. The van der Waals surface area contributed by atoms with Crippen molar-refractivity contribution in [1.29, 1.82) is 0 Å². The van der Waals surface area contributed by atoms with Crippen molar-refractivity contribution in [3.8, 4) is 0 Å². The lowest BCUT2D eigenvalue weighted by molar-refractivity contribution is -0.133. The first-order valence-corrected chi connectivity index (χ1v) is 19.2. The van der Waals surface area contributed by atoms with Crippen molar-refractivity contribution < 1.29 is 28.8 Å². The summed E-state index contributed by atoms with van der Waals surface area (Å²) >= 11 is 0. The van der Waals surface area contributed by atoms with Crippen LogP contribution in [-0.4, -0.2) is 90.7 Å². The molecule has 0 spiro atoms. The Hall–Kier alpha value is -4.00. The molecule has 292 valence electrons. The van der Waals surface area contributed by atoms with E-state index in [2.05, 4.69) is 46.9 Å². The van der Waals surface area contributed by atoms with Crippen LogP contribution in [0.15, 0.2) is 24.3 Å². The van der Waals surface area contributed by atoms with E-state index in [4.69, 9.17) is 5.73 Å². The van der Waals surface area contributed by atoms with Crippen molar-refractivity contribution >= 4 is 41.1 Å². The highest BCUT2D eigenvalue weighted by Gasteiger charge is 2.34. The van der Waals surface area contributed by atoms with E-state index in [1.165, 1.54) is 4.90 Å². The minimum absolute atomic E-state index is 0.115. The van der Waals surface area contributed by atoms with Crippen molar-refractivity contribution in [2.45, 2.75) is 137 Å². The molecule has 13 heteroatoms. The van der Waals surface area contributed by atoms with E-state index in [0.717, 1.165) is 57.2 Å². The number of para-hydroxylation sites is 1. The number of unbranched alkanes of at least 4 members (excludes halogenated alkanes) is 1. The van der Waals surface area contributed by atoms with E-state index in [-0.39, 0.29) is 37.3 Å². The standard InChI is InChI=1S/C39H65N7O6/c1-8-45(27(4)5)21-15-14-19-31(38(51)42-24-34(40)47)43-39(52)32(23-30-17-10-9-11-18-30)44-37(50)29(7)46(33-20-13-12-16-28(33)6)36(49)25-41-35(48)22-26(2)3/h12-13,16,20,26-27,29-32H,8-11,14-15,17-19,21-25H2,1-7H3,(H2,40,47)(H,41,48)(H,42,51)(H,43,52)(H,44,50)/t29-,31-,32?/m0/s1. The van der Waals surface area contributed by atoms with Gasteiger partial charge in [0.1, 0.15) is 18.1 Å². The predicted molar refractivity (Wildman–Crippen MR) is 204 cm³/mol. The molecule has 1 aromatic carbocycles. The average molecular weight is 728 g/mol. The lowest BCUT2D eigenvalue weighted by atomic mass is 9.84. The van der Waals surface area contributed by atoms with Crippen LogP contribution in [0.4, 0.5) is 5.69 Å². The fraction of sp³-hybridized carbons (Fsp3) is 0.692. The predicted octanol–water partition coefficient (Wildman–Crippen LogP) is 3.32. The number of nitrogens with zero attached hydrogens (tertiary/aromatic N) is 2. The molecule has 0 radical (unpaired) electrons. The van der Waals surface area contributed by atoms with Gasteiger partial charge in [-0.25, -0.2) is 0 Å². The van der Waals surface area contributed by atoms with Crippen molar-refractivity contribution in [3.63, 3.8) is 0 Å². The maximum absolute atomic E-state index is 14.1. The van der Waals surface area contributed by atoms with Gasteiger partial charge in [-0.3, -0.25) is 33.7 Å². The smallest absolute Gasteiger partial charge is 0.247 e. The third-order valence-electron chi connectivity index (χ3n) is 9.76. The first-order valence-electron chi connectivity index (χ1n) is 19.2. The monoisotopic (exact) mass is 727 g/mol. The van der Waals surface area contributed by atoms with Crippen molar-refractivity contribution in [2.75, 3.05) is 31.1 Å². The molecule has 6 amide bonds. The van der Waals surface area contributed by atoms with Gasteiger partial charge in [0.2, 0.25) is 35.4 Å². The lowest BCUT2D eigenvalue weighted by Crippen LogP contribution is -2.58. The van der Waals surface area contributed by atoms with Gasteiger partial charge in [-0.15, -0.1) is 0 Å². The van der Waals surface area contributed by atoms with Crippen LogP contribution >= 0.6 is 0 Å². The molecule has 0 saturated heterocycles. The molecule has 3 atom stereocenters. The van der Waals surface area contributed by atoms with E-state index in [1.807, 2.05) is 32.9 Å². The summed E-state index contributed by atoms with van der Waals surface area (Å²) in [4.78, 5) is 82.6. The van der Waals surface area contributed by atoms with Crippen LogP contribution in [0.1, 0.15) is 111 Å². The lowest BCUT2D eigenvalue weighted by Gasteiger charge is -2.32. The molecular weight excluding hydrogens is 662 g/mol. The first-order chi connectivity index (χ1) is 24.6. The van der Waals surface area contributed by atoms with Gasteiger partial charge in [-0.2, -0.15) is 0 Å². The number of hydrogen-bond acceptors (Lipinski definition) is 7. The number of nitrogens with one attached hydrogen (secondary N) is 4. The number of rotatable bonds is 22. The van der Waals surface area contributed by atoms with Crippen LogP contribution in [0.5, 0.6) is 0 Å². The number of aryl methyl sites for hydroxylation is 1. The summed E-state index contributed by atoms with van der Waals surface area (Å²) < 4.78 is 0. The molecule has 1 saturated carbocycles. The van der Waals surface area contributed by atoms with E-state index < -0.39 is 47.7 Å². The summed E-state index contributed by atoms with van der Waals surface area (Å²) in [5.41, 5.74) is 6.57. The normalized spacial score (nSPS) is 15.1. The average Bonchev–Trinajstić information content (AvgIpc) is 3.09. The number of anilines is 1. The largest absolute Gasteiger partial charge is 0.368 e. The summed E-state index contributed by atoms with van der Waals surface area (Å²) in [7, 11) is 0. The minimum atomic E-state index is -1.03. The Morgan fingerprint density at radius 2 is 1.48 bits per heavy atom. The van der Waals surface area contributed by atoms with Crippen molar-refractivity contribution in [2.24, 2.45) is 17.6 Å². The summed E-state index contributed by atoms with van der Waals surface area (Å²) in [6.07, 6.45) is 7.47. The molecule has 13 nitrogen and oxygen atoms in total. The third kappa shape index (κ3) is 15.3. The molecular formula is C39H65N7O6. The van der Waals surface area contributed by atoms with Gasteiger partial charge in [-0.1, -0.05) is 71.1 Å². The molecule has 1 aliphatic rings. The number of benzene rings is 1. The second-order valence-corrected chi connectivity index (χ2v) is 14.9. The van der Waals surface area contributed by atoms with E-state index in [9.17, 15) is 28.8 Å². The molecule has 0 aromatic heterocycles. The quantitative estimate of drug-likeness (QED) is 0.114. The van der Waals surface area contributed by atoms with Gasteiger partial charge in [0.25, 0.3) is 0 Å². The number of primary amides is 1. The molecule has 1 aliphatic carbocycles. The van der Waals surface area contributed by atoms with Crippen LogP contribution in [0, 0.1) is 18.8 Å². The van der Waals surface area contributed by atoms with Crippen LogP contribution in [-0.2, 0) is 28.8 Å². The van der Waals surface area contributed by atoms with Gasteiger partial charge in [-0.05, 0) is 89.9 Å². The Kier molecular flexibility index (Phi) is 19.4. The maximum atomic E-state index is 14.1. The molecule has 0 heterocycles. The SMILES string of the molecule is CCN(CCCC[C@H](NC(=O)C(CC1CCCCC1)NC(=O)[C@H](C)N(C(=O)CNC(=O)CC(C)C)c1ccccc1C)C(=O)NCC(N)=O)C(C)C. The highest BCUT2D eigenvalue weighted by molar-refractivity contribution is 6.04.